The molecular formula is C22H26N2O2. The quantitative estimate of drug-likeness (QED) is 0.829. The summed E-state index contributed by atoms with van der Waals surface area (Å²) < 4.78 is 0. The van der Waals surface area contributed by atoms with E-state index in [2.05, 4.69) is 41.8 Å². The van der Waals surface area contributed by atoms with Crippen molar-refractivity contribution < 1.29 is 9.59 Å². The monoisotopic (exact) mass is 350 g/mol. The van der Waals surface area contributed by atoms with Gasteiger partial charge < -0.3 is 10.6 Å². The van der Waals surface area contributed by atoms with Gasteiger partial charge in [0.05, 0.1) is 5.41 Å². The summed E-state index contributed by atoms with van der Waals surface area (Å²) in [6.45, 7) is 4.17. The number of carbonyl (C=O) groups is 2. The van der Waals surface area contributed by atoms with Crippen LogP contribution in [0.5, 0.6) is 0 Å². The van der Waals surface area contributed by atoms with Crippen LogP contribution in [-0.4, -0.2) is 11.8 Å². The Hall–Kier alpha value is -2.62. The van der Waals surface area contributed by atoms with Crippen molar-refractivity contribution in [2.75, 3.05) is 5.32 Å². The first-order valence-corrected chi connectivity index (χ1v) is 9.28. The van der Waals surface area contributed by atoms with E-state index >= 15 is 0 Å². The second-order valence-electron chi connectivity index (χ2n) is 7.05. The first-order valence-electron chi connectivity index (χ1n) is 9.28. The van der Waals surface area contributed by atoms with Crippen LogP contribution in [0.1, 0.15) is 49.8 Å². The summed E-state index contributed by atoms with van der Waals surface area (Å²) in [4.78, 5) is 24.1. The van der Waals surface area contributed by atoms with Crippen molar-refractivity contribution in [1.29, 1.82) is 0 Å². The average Bonchev–Trinajstić information content (AvgIpc) is 2.60. The third-order valence-corrected chi connectivity index (χ3v) is 5.28. The van der Waals surface area contributed by atoms with Crippen molar-refractivity contribution in [2.24, 2.45) is 0 Å². The van der Waals surface area contributed by atoms with Gasteiger partial charge in [0.2, 0.25) is 11.8 Å². The molecule has 3 rings (SSSR count). The number of amides is 2. The van der Waals surface area contributed by atoms with Gasteiger partial charge in [-0.2, -0.15) is 0 Å². The largest absolute Gasteiger partial charge is 0.351 e. The van der Waals surface area contributed by atoms with Gasteiger partial charge in [0, 0.05) is 19.2 Å². The Morgan fingerprint density at radius 3 is 2.08 bits per heavy atom. The van der Waals surface area contributed by atoms with E-state index in [1.165, 1.54) is 12.5 Å². The van der Waals surface area contributed by atoms with Crippen LogP contribution >= 0.6 is 0 Å². The van der Waals surface area contributed by atoms with Crippen LogP contribution < -0.4 is 10.6 Å². The lowest BCUT2D eigenvalue weighted by atomic mass is 9.63. The molecule has 1 saturated carbocycles. The average molecular weight is 350 g/mol. The predicted octanol–water partition coefficient (Wildman–Crippen LogP) is 3.95. The molecule has 2 aromatic carbocycles. The standard InChI is InChI=1S/C22H26N2O2/c1-3-17-5-7-18(8-6-17)15-23-21(26)22(13-4-14-22)19-9-11-20(12-10-19)24-16(2)25/h5-12H,3-4,13-15H2,1-2H3,(H,23,26)(H,24,25). The molecule has 0 saturated heterocycles. The highest BCUT2D eigenvalue weighted by atomic mass is 16.2. The van der Waals surface area contributed by atoms with Gasteiger partial charge in [-0.05, 0) is 48.1 Å². The number of hydrogen-bond acceptors (Lipinski definition) is 2. The molecule has 2 amide bonds. The van der Waals surface area contributed by atoms with Crippen LogP contribution in [-0.2, 0) is 28.0 Å². The van der Waals surface area contributed by atoms with Crippen LogP contribution in [0.3, 0.4) is 0 Å². The molecule has 0 aliphatic heterocycles. The summed E-state index contributed by atoms with van der Waals surface area (Å²) in [5.41, 5.74) is 3.77. The minimum absolute atomic E-state index is 0.0931. The molecule has 0 radical (unpaired) electrons. The van der Waals surface area contributed by atoms with Crippen molar-refractivity contribution >= 4 is 17.5 Å². The van der Waals surface area contributed by atoms with Crippen molar-refractivity contribution in [3.63, 3.8) is 0 Å². The summed E-state index contributed by atoms with van der Waals surface area (Å²) >= 11 is 0. The molecule has 0 bridgehead atoms. The summed E-state index contributed by atoms with van der Waals surface area (Å²) in [5.74, 6) is -0.00135. The van der Waals surface area contributed by atoms with E-state index < -0.39 is 5.41 Å². The maximum Gasteiger partial charge on any atom is 0.230 e. The van der Waals surface area contributed by atoms with Gasteiger partial charge in [-0.3, -0.25) is 9.59 Å². The summed E-state index contributed by atoms with van der Waals surface area (Å²) in [5, 5.41) is 5.88. The molecular weight excluding hydrogens is 324 g/mol. The second kappa shape index (κ2) is 7.73. The van der Waals surface area contributed by atoms with Crippen LogP contribution in [0.15, 0.2) is 48.5 Å². The lowest BCUT2D eigenvalue weighted by Crippen LogP contribution is -2.49. The number of nitrogens with one attached hydrogen (secondary N) is 2. The fourth-order valence-corrected chi connectivity index (χ4v) is 3.50. The number of hydrogen-bond donors (Lipinski definition) is 2. The Morgan fingerprint density at radius 2 is 1.58 bits per heavy atom. The van der Waals surface area contributed by atoms with Gasteiger partial charge in [0.15, 0.2) is 0 Å². The normalized spacial score (nSPS) is 15.0. The molecule has 136 valence electrons. The topological polar surface area (TPSA) is 58.2 Å². The van der Waals surface area contributed by atoms with Crippen LogP contribution in [0.4, 0.5) is 5.69 Å². The molecule has 26 heavy (non-hydrogen) atoms. The summed E-state index contributed by atoms with van der Waals surface area (Å²) in [6.07, 6.45) is 3.82. The first kappa shape index (κ1) is 18.2. The SMILES string of the molecule is CCc1ccc(CNC(=O)C2(c3ccc(NC(C)=O)cc3)CCC2)cc1. The molecule has 2 aromatic rings. The Kier molecular flexibility index (Phi) is 5.40. The molecule has 0 unspecified atom stereocenters. The molecule has 1 aliphatic carbocycles. The fourth-order valence-electron chi connectivity index (χ4n) is 3.50. The highest BCUT2D eigenvalue weighted by molar-refractivity contribution is 5.90. The molecule has 0 atom stereocenters. The molecule has 0 heterocycles. The van der Waals surface area contributed by atoms with Gasteiger partial charge in [-0.25, -0.2) is 0 Å². The lowest BCUT2D eigenvalue weighted by Gasteiger charge is -2.40. The number of aryl methyl sites for hydroxylation is 1. The van der Waals surface area contributed by atoms with E-state index in [-0.39, 0.29) is 11.8 Å². The molecule has 4 nitrogen and oxygen atoms in total. The van der Waals surface area contributed by atoms with E-state index in [0.717, 1.165) is 42.5 Å². The van der Waals surface area contributed by atoms with Gasteiger partial charge in [0.1, 0.15) is 0 Å². The second-order valence-corrected chi connectivity index (χ2v) is 7.05. The third-order valence-electron chi connectivity index (χ3n) is 5.28. The van der Waals surface area contributed by atoms with E-state index in [1.807, 2.05) is 24.3 Å². The Labute approximate surface area is 155 Å². The molecule has 2 N–H and O–H groups in total. The number of anilines is 1. The molecule has 4 heteroatoms. The highest BCUT2D eigenvalue weighted by Crippen LogP contribution is 2.44. The van der Waals surface area contributed by atoms with Crippen molar-refractivity contribution in [3.05, 3.63) is 65.2 Å². The zero-order valence-corrected chi connectivity index (χ0v) is 15.5. The van der Waals surface area contributed by atoms with Crippen LogP contribution in [0.2, 0.25) is 0 Å². The zero-order valence-electron chi connectivity index (χ0n) is 15.5. The molecule has 1 fully saturated rings. The van der Waals surface area contributed by atoms with Gasteiger partial charge in [0.25, 0.3) is 0 Å². The maximum absolute atomic E-state index is 12.9. The molecule has 0 spiro atoms. The Bertz CT molecular complexity index is 775. The van der Waals surface area contributed by atoms with Crippen molar-refractivity contribution in [3.8, 4) is 0 Å². The smallest absolute Gasteiger partial charge is 0.230 e. The molecule has 1 aliphatic rings. The van der Waals surface area contributed by atoms with Gasteiger partial charge >= 0.3 is 0 Å². The fraction of sp³-hybridized carbons (Fsp3) is 0.364. The van der Waals surface area contributed by atoms with E-state index in [1.54, 1.807) is 0 Å². The number of carbonyl (C=O) groups excluding carboxylic acids is 2. The maximum atomic E-state index is 12.9. The van der Waals surface area contributed by atoms with E-state index in [9.17, 15) is 9.59 Å². The predicted molar refractivity (Wildman–Crippen MR) is 104 cm³/mol. The highest BCUT2D eigenvalue weighted by Gasteiger charge is 2.45. The number of rotatable bonds is 6. The van der Waals surface area contributed by atoms with Gasteiger partial charge in [-0.15, -0.1) is 0 Å². The molecule has 0 aromatic heterocycles. The minimum Gasteiger partial charge on any atom is -0.351 e. The lowest BCUT2D eigenvalue weighted by molar-refractivity contribution is -0.130. The Balaban J connectivity index is 1.68. The van der Waals surface area contributed by atoms with Crippen LogP contribution in [0.25, 0.3) is 0 Å². The van der Waals surface area contributed by atoms with Crippen molar-refractivity contribution in [2.45, 2.75) is 51.5 Å². The third kappa shape index (κ3) is 3.79. The van der Waals surface area contributed by atoms with Crippen LogP contribution in [0, 0.1) is 0 Å². The summed E-state index contributed by atoms with van der Waals surface area (Å²) in [6, 6.07) is 16.0. The number of benzene rings is 2. The van der Waals surface area contributed by atoms with Crippen molar-refractivity contribution in [1.82, 2.24) is 5.32 Å². The minimum atomic E-state index is -0.432. The van der Waals surface area contributed by atoms with Gasteiger partial charge in [-0.1, -0.05) is 49.7 Å². The Morgan fingerprint density at radius 1 is 0.962 bits per heavy atom. The zero-order chi connectivity index (χ0) is 18.6. The summed E-state index contributed by atoms with van der Waals surface area (Å²) in [7, 11) is 0. The first-order chi connectivity index (χ1) is 12.5. The van der Waals surface area contributed by atoms with E-state index in [0.29, 0.717) is 6.54 Å². The van der Waals surface area contributed by atoms with E-state index in [4.69, 9.17) is 0 Å².